The molecule has 0 radical (unpaired) electrons. The summed E-state index contributed by atoms with van der Waals surface area (Å²) in [6.07, 6.45) is -2.91. The number of carbonyl (C=O) groups excluding carboxylic acids is 1. The zero-order valence-corrected chi connectivity index (χ0v) is 14.7. The third-order valence-electron chi connectivity index (χ3n) is 4.61. The number of fused-ring (bicyclic) bond motifs is 1. The molecule has 28 heavy (non-hydrogen) atoms. The van der Waals surface area contributed by atoms with Gasteiger partial charge in [-0.05, 0) is 36.6 Å². The van der Waals surface area contributed by atoms with Gasteiger partial charge in [-0.3, -0.25) is 15.0 Å². The molecule has 0 saturated heterocycles. The number of halogens is 3. The second-order valence-corrected chi connectivity index (χ2v) is 6.81. The maximum absolute atomic E-state index is 13.0. The lowest BCUT2D eigenvalue weighted by Crippen LogP contribution is -2.37. The summed E-state index contributed by atoms with van der Waals surface area (Å²) >= 11 is 0. The molecule has 0 spiro atoms. The van der Waals surface area contributed by atoms with Crippen molar-refractivity contribution in [2.75, 3.05) is 5.43 Å². The Bertz CT molecular complexity index is 1100. The summed E-state index contributed by atoms with van der Waals surface area (Å²) in [5.74, 6) is -0.162. The van der Waals surface area contributed by atoms with E-state index in [0.717, 1.165) is 41.3 Å². The highest BCUT2D eigenvalue weighted by Crippen LogP contribution is 2.39. The van der Waals surface area contributed by atoms with Gasteiger partial charge in [0.1, 0.15) is 5.82 Å². The lowest BCUT2D eigenvalue weighted by Gasteiger charge is -2.15. The summed E-state index contributed by atoms with van der Waals surface area (Å²) in [7, 11) is 0. The minimum atomic E-state index is -4.52. The van der Waals surface area contributed by atoms with E-state index in [2.05, 4.69) is 10.4 Å². The second kappa shape index (κ2) is 6.78. The number of alkyl halides is 3. The summed E-state index contributed by atoms with van der Waals surface area (Å²) < 4.78 is 40.0. The van der Waals surface area contributed by atoms with E-state index in [1.54, 1.807) is 24.3 Å². The average Bonchev–Trinajstić information content (AvgIpc) is 3.48. The zero-order valence-electron chi connectivity index (χ0n) is 14.7. The van der Waals surface area contributed by atoms with Crippen molar-refractivity contribution < 1.29 is 18.0 Å². The van der Waals surface area contributed by atoms with Gasteiger partial charge in [0.15, 0.2) is 0 Å². The van der Waals surface area contributed by atoms with Gasteiger partial charge in [0.05, 0.1) is 22.9 Å². The summed E-state index contributed by atoms with van der Waals surface area (Å²) in [6.45, 7) is 0. The standard InChI is InChI=1S/C20H16F3N3O2/c21-20(22,23)14-8-9-15-16(11-14)24-18(13-6-7-13)26(19(15)28)25-17(27)10-12-4-2-1-3-5-12/h1-5,8-9,11,13H,6-7,10H2,(H,25,27). The van der Waals surface area contributed by atoms with Crippen LogP contribution in [-0.2, 0) is 17.4 Å². The third-order valence-corrected chi connectivity index (χ3v) is 4.61. The predicted octanol–water partition coefficient (Wildman–Crippen LogP) is 3.61. The molecule has 0 unspecified atom stereocenters. The summed E-state index contributed by atoms with van der Waals surface area (Å²) in [4.78, 5) is 29.5. The number of nitrogens with zero attached hydrogens (tertiary/aromatic N) is 2. The maximum Gasteiger partial charge on any atom is 0.416 e. The molecule has 0 bridgehead atoms. The molecule has 1 aromatic heterocycles. The van der Waals surface area contributed by atoms with Crippen molar-refractivity contribution in [3.05, 3.63) is 75.8 Å². The number of hydrogen-bond acceptors (Lipinski definition) is 3. The summed E-state index contributed by atoms with van der Waals surface area (Å²) in [5.41, 5.74) is 1.89. The third kappa shape index (κ3) is 3.62. The number of rotatable bonds is 4. The van der Waals surface area contributed by atoms with E-state index >= 15 is 0 Å². The molecule has 5 nitrogen and oxygen atoms in total. The van der Waals surface area contributed by atoms with Gasteiger partial charge in [-0.15, -0.1) is 0 Å². The van der Waals surface area contributed by atoms with Crippen LogP contribution in [0, 0.1) is 0 Å². The molecule has 1 saturated carbocycles. The van der Waals surface area contributed by atoms with Crippen LogP contribution in [0.3, 0.4) is 0 Å². The van der Waals surface area contributed by atoms with Crippen LogP contribution >= 0.6 is 0 Å². The lowest BCUT2D eigenvalue weighted by atomic mass is 10.1. The highest BCUT2D eigenvalue weighted by molar-refractivity contribution is 5.86. The van der Waals surface area contributed by atoms with E-state index in [9.17, 15) is 22.8 Å². The molecule has 4 rings (SSSR count). The van der Waals surface area contributed by atoms with E-state index < -0.39 is 23.2 Å². The molecule has 0 aliphatic heterocycles. The Labute approximate surface area is 157 Å². The van der Waals surface area contributed by atoms with Crippen molar-refractivity contribution in [1.29, 1.82) is 0 Å². The van der Waals surface area contributed by atoms with Crippen LogP contribution in [0.1, 0.15) is 35.7 Å². The summed E-state index contributed by atoms with van der Waals surface area (Å²) in [5, 5.41) is 0.0254. The molecule has 1 amide bonds. The van der Waals surface area contributed by atoms with Gasteiger partial charge in [-0.2, -0.15) is 13.2 Å². The lowest BCUT2D eigenvalue weighted by molar-refractivity contribution is -0.137. The summed E-state index contributed by atoms with van der Waals surface area (Å²) in [6, 6.07) is 11.9. The highest BCUT2D eigenvalue weighted by Gasteiger charge is 2.33. The minimum absolute atomic E-state index is 0.0183. The van der Waals surface area contributed by atoms with Gasteiger partial charge in [0.25, 0.3) is 5.56 Å². The molecular weight excluding hydrogens is 371 g/mol. The predicted molar refractivity (Wildman–Crippen MR) is 97.5 cm³/mol. The van der Waals surface area contributed by atoms with Crippen molar-refractivity contribution >= 4 is 16.8 Å². The van der Waals surface area contributed by atoms with Crippen molar-refractivity contribution in [2.45, 2.75) is 31.4 Å². The van der Waals surface area contributed by atoms with E-state index in [0.29, 0.717) is 5.82 Å². The molecule has 1 aliphatic carbocycles. The van der Waals surface area contributed by atoms with E-state index in [4.69, 9.17) is 0 Å². The smallest absolute Gasteiger partial charge is 0.273 e. The Balaban J connectivity index is 1.73. The SMILES string of the molecule is O=C(Cc1ccccc1)Nn1c(C2CC2)nc2cc(C(F)(F)F)ccc2c1=O. The van der Waals surface area contributed by atoms with E-state index in [-0.39, 0.29) is 23.2 Å². The molecular formula is C20H16F3N3O2. The fourth-order valence-corrected chi connectivity index (χ4v) is 3.05. The molecule has 1 fully saturated rings. The minimum Gasteiger partial charge on any atom is -0.273 e. The quantitative estimate of drug-likeness (QED) is 0.744. The van der Waals surface area contributed by atoms with Gasteiger partial charge in [-0.1, -0.05) is 30.3 Å². The van der Waals surface area contributed by atoms with E-state index in [1.165, 1.54) is 0 Å². The monoisotopic (exact) mass is 387 g/mol. The largest absolute Gasteiger partial charge is 0.416 e. The molecule has 1 heterocycles. The Morgan fingerprint density at radius 1 is 1.14 bits per heavy atom. The molecule has 1 N–H and O–H groups in total. The van der Waals surface area contributed by atoms with Gasteiger partial charge in [-0.25, -0.2) is 9.66 Å². The Kier molecular flexibility index (Phi) is 4.41. The van der Waals surface area contributed by atoms with Crippen LogP contribution in [0.4, 0.5) is 13.2 Å². The fraction of sp³-hybridized carbons (Fsp3) is 0.250. The number of hydrogen-bond donors (Lipinski definition) is 1. The van der Waals surface area contributed by atoms with Gasteiger partial charge >= 0.3 is 6.18 Å². The van der Waals surface area contributed by atoms with Gasteiger partial charge in [0, 0.05) is 5.92 Å². The first-order valence-corrected chi connectivity index (χ1v) is 8.80. The van der Waals surface area contributed by atoms with Crippen LogP contribution in [-0.4, -0.2) is 15.6 Å². The van der Waals surface area contributed by atoms with Gasteiger partial charge < -0.3 is 0 Å². The number of nitrogens with one attached hydrogen (secondary N) is 1. The van der Waals surface area contributed by atoms with Crippen LogP contribution in [0.2, 0.25) is 0 Å². The number of aromatic nitrogens is 2. The average molecular weight is 387 g/mol. The number of amides is 1. The fourth-order valence-electron chi connectivity index (χ4n) is 3.05. The first-order chi connectivity index (χ1) is 13.3. The first kappa shape index (κ1) is 18.2. The van der Waals surface area contributed by atoms with Gasteiger partial charge in [0.2, 0.25) is 5.91 Å². The van der Waals surface area contributed by atoms with Crippen LogP contribution in [0.5, 0.6) is 0 Å². The molecule has 0 atom stereocenters. The van der Waals surface area contributed by atoms with Crippen LogP contribution in [0.25, 0.3) is 10.9 Å². The Hall–Kier alpha value is -3.16. The van der Waals surface area contributed by atoms with Crippen molar-refractivity contribution in [3.63, 3.8) is 0 Å². The molecule has 144 valence electrons. The van der Waals surface area contributed by atoms with Crippen molar-refractivity contribution in [3.8, 4) is 0 Å². The van der Waals surface area contributed by atoms with E-state index in [1.807, 2.05) is 6.07 Å². The molecule has 8 heteroatoms. The normalized spacial score (nSPS) is 14.2. The highest BCUT2D eigenvalue weighted by atomic mass is 19.4. The Morgan fingerprint density at radius 2 is 1.86 bits per heavy atom. The van der Waals surface area contributed by atoms with Crippen molar-refractivity contribution in [1.82, 2.24) is 9.66 Å². The zero-order chi connectivity index (χ0) is 19.9. The molecule has 1 aliphatic rings. The topological polar surface area (TPSA) is 64.0 Å². The van der Waals surface area contributed by atoms with Crippen molar-refractivity contribution in [2.24, 2.45) is 0 Å². The number of carbonyl (C=O) groups is 1. The van der Waals surface area contributed by atoms with Crippen LogP contribution < -0.4 is 11.0 Å². The number of benzene rings is 2. The first-order valence-electron chi connectivity index (χ1n) is 8.80. The molecule has 2 aromatic carbocycles. The maximum atomic E-state index is 13.0. The second-order valence-electron chi connectivity index (χ2n) is 6.81. The molecule has 3 aromatic rings. The van der Waals surface area contributed by atoms with Crippen LogP contribution in [0.15, 0.2) is 53.3 Å². The Morgan fingerprint density at radius 3 is 2.50 bits per heavy atom.